The summed E-state index contributed by atoms with van der Waals surface area (Å²) in [4.78, 5) is 12.5. The number of methoxy groups -OCH3 is 1. The van der Waals surface area contributed by atoms with E-state index >= 15 is 0 Å². The summed E-state index contributed by atoms with van der Waals surface area (Å²) in [6.07, 6.45) is 5.96. The highest BCUT2D eigenvalue weighted by molar-refractivity contribution is 6.05. The maximum Gasteiger partial charge on any atom is 0.255 e. The first-order valence-electron chi connectivity index (χ1n) is 9.31. The van der Waals surface area contributed by atoms with Crippen LogP contribution in [0.2, 0.25) is 0 Å². The highest BCUT2D eigenvalue weighted by Crippen LogP contribution is 2.26. The number of carbonyl (C=O) groups is 1. The number of carbonyl (C=O) groups excluding carboxylic acids is 1. The van der Waals surface area contributed by atoms with Gasteiger partial charge in [0.05, 0.1) is 19.4 Å². The molecule has 0 aliphatic carbocycles. The molecule has 0 aromatic heterocycles. The predicted octanol–water partition coefficient (Wildman–Crippen LogP) is 5.17. The fourth-order valence-electron chi connectivity index (χ4n) is 2.71. The van der Waals surface area contributed by atoms with E-state index < -0.39 is 0 Å². The summed E-state index contributed by atoms with van der Waals surface area (Å²) < 4.78 is 10.9. The second-order valence-electron chi connectivity index (χ2n) is 6.24. The van der Waals surface area contributed by atoms with Crippen molar-refractivity contribution < 1.29 is 14.3 Å². The normalized spacial score (nSPS) is 10.1. The van der Waals surface area contributed by atoms with Crippen LogP contribution in [0.15, 0.2) is 42.5 Å². The number of nitriles is 1. The topological polar surface area (TPSA) is 71.3 Å². The van der Waals surface area contributed by atoms with Crippen molar-refractivity contribution in [1.82, 2.24) is 0 Å². The minimum atomic E-state index is -0.286. The number of benzene rings is 2. The molecule has 0 radical (unpaired) electrons. The first kappa shape index (κ1) is 20.3. The van der Waals surface area contributed by atoms with E-state index in [1.54, 1.807) is 42.5 Å². The molecule has 2 rings (SSSR count). The molecule has 0 aliphatic rings. The van der Waals surface area contributed by atoms with E-state index in [0.29, 0.717) is 29.2 Å². The summed E-state index contributed by atoms with van der Waals surface area (Å²) in [5, 5.41) is 12.1. The Morgan fingerprint density at radius 3 is 2.48 bits per heavy atom. The van der Waals surface area contributed by atoms with Crippen LogP contribution in [0.4, 0.5) is 5.69 Å². The fraction of sp³-hybridized carbons (Fsp3) is 0.364. The molecule has 0 heterocycles. The third kappa shape index (κ3) is 6.03. The van der Waals surface area contributed by atoms with Gasteiger partial charge >= 0.3 is 0 Å². The van der Waals surface area contributed by atoms with Gasteiger partial charge in [0.1, 0.15) is 23.1 Å². The zero-order chi connectivity index (χ0) is 19.5. The van der Waals surface area contributed by atoms with E-state index in [1.807, 2.05) is 0 Å². The molecule has 5 nitrogen and oxygen atoms in total. The predicted molar refractivity (Wildman–Crippen MR) is 106 cm³/mol. The Morgan fingerprint density at radius 2 is 1.81 bits per heavy atom. The highest BCUT2D eigenvalue weighted by atomic mass is 16.5. The lowest BCUT2D eigenvalue weighted by atomic mass is 10.1. The van der Waals surface area contributed by atoms with Crippen LogP contribution >= 0.6 is 0 Å². The molecule has 0 saturated carbocycles. The molecule has 2 aromatic rings. The molecule has 2 aromatic carbocycles. The van der Waals surface area contributed by atoms with Gasteiger partial charge in [-0.05, 0) is 42.8 Å². The van der Waals surface area contributed by atoms with Crippen LogP contribution in [-0.2, 0) is 0 Å². The van der Waals surface area contributed by atoms with Gasteiger partial charge in [-0.25, -0.2) is 0 Å². The summed E-state index contributed by atoms with van der Waals surface area (Å²) in [6, 6.07) is 14.2. The average Bonchev–Trinajstić information content (AvgIpc) is 2.70. The molecule has 1 amide bonds. The molecule has 0 unspecified atom stereocenters. The summed E-state index contributed by atoms with van der Waals surface area (Å²) >= 11 is 0. The van der Waals surface area contributed by atoms with Gasteiger partial charge in [0.2, 0.25) is 0 Å². The van der Waals surface area contributed by atoms with Gasteiger partial charge in [-0.15, -0.1) is 0 Å². The monoisotopic (exact) mass is 366 g/mol. The van der Waals surface area contributed by atoms with Gasteiger partial charge in [0, 0.05) is 5.56 Å². The number of hydrogen-bond donors (Lipinski definition) is 1. The van der Waals surface area contributed by atoms with Crippen molar-refractivity contribution in [2.75, 3.05) is 19.0 Å². The molecular formula is C22H26N2O3. The van der Waals surface area contributed by atoms with Crippen molar-refractivity contribution in [2.24, 2.45) is 0 Å². The van der Waals surface area contributed by atoms with Crippen molar-refractivity contribution in [2.45, 2.75) is 39.0 Å². The zero-order valence-electron chi connectivity index (χ0n) is 16.0. The van der Waals surface area contributed by atoms with E-state index in [-0.39, 0.29) is 5.91 Å². The Hall–Kier alpha value is -3.00. The van der Waals surface area contributed by atoms with E-state index in [0.717, 1.165) is 12.2 Å². The number of anilines is 1. The molecule has 0 spiro atoms. The lowest BCUT2D eigenvalue weighted by Crippen LogP contribution is -2.13. The van der Waals surface area contributed by atoms with Crippen LogP contribution < -0.4 is 14.8 Å². The number of unbranched alkanes of at least 4 members (excludes halogenated alkanes) is 4. The molecule has 0 fully saturated rings. The van der Waals surface area contributed by atoms with Crippen molar-refractivity contribution in [3.05, 3.63) is 53.6 Å². The van der Waals surface area contributed by atoms with Gasteiger partial charge in [-0.1, -0.05) is 38.7 Å². The molecule has 0 aliphatic heterocycles. The van der Waals surface area contributed by atoms with E-state index in [1.165, 1.54) is 32.8 Å². The van der Waals surface area contributed by atoms with Crippen LogP contribution in [0, 0.1) is 11.3 Å². The standard InChI is InChI=1S/C22H26N2O3/c1-3-4-5-6-7-15-27-18-13-11-17(12-14-18)22(25)24-20-9-8-10-21(26-2)19(20)16-23/h8-14H,3-7,15H2,1-2H3,(H,24,25). The number of hydrogen-bond acceptors (Lipinski definition) is 4. The lowest BCUT2D eigenvalue weighted by Gasteiger charge is -2.10. The molecule has 27 heavy (non-hydrogen) atoms. The molecule has 1 N–H and O–H groups in total. The molecule has 0 atom stereocenters. The third-order valence-corrected chi connectivity index (χ3v) is 4.24. The summed E-state index contributed by atoms with van der Waals surface area (Å²) in [5.41, 5.74) is 1.22. The summed E-state index contributed by atoms with van der Waals surface area (Å²) in [6.45, 7) is 2.88. The smallest absolute Gasteiger partial charge is 0.255 e. The Bertz CT molecular complexity index is 779. The largest absolute Gasteiger partial charge is 0.495 e. The second-order valence-corrected chi connectivity index (χ2v) is 6.24. The maximum atomic E-state index is 12.5. The molecule has 0 bridgehead atoms. The number of rotatable bonds is 10. The summed E-state index contributed by atoms with van der Waals surface area (Å²) in [7, 11) is 1.49. The van der Waals surface area contributed by atoms with Gasteiger partial charge in [0.15, 0.2) is 0 Å². The van der Waals surface area contributed by atoms with Gasteiger partial charge in [-0.2, -0.15) is 5.26 Å². The van der Waals surface area contributed by atoms with E-state index in [2.05, 4.69) is 18.3 Å². The van der Waals surface area contributed by atoms with Crippen LogP contribution in [0.5, 0.6) is 11.5 Å². The number of ether oxygens (including phenoxy) is 2. The lowest BCUT2D eigenvalue weighted by molar-refractivity contribution is 0.102. The van der Waals surface area contributed by atoms with Gasteiger partial charge < -0.3 is 14.8 Å². The zero-order valence-corrected chi connectivity index (χ0v) is 16.0. The van der Waals surface area contributed by atoms with Crippen LogP contribution in [0.1, 0.15) is 54.9 Å². The minimum absolute atomic E-state index is 0.286. The first-order valence-corrected chi connectivity index (χ1v) is 9.31. The Balaban J connectivity index is 1.92. The molecule has 0 saturated heterocycles. The molecule has 5 heteroatoms. The second kappa shape index (κ2) is 10.9. The van der Waals surface area contributed by atoms with E-state index in [9.17, 15) is 10.1 Å². The summed E-state index contributed by atoms with van der Waals surface area (Å²) in [5.74, 6) is 0.894. The highest BCUT2D eigenvalue weighted by Gasteiger charge is 2.12. The first-order chi connectivity index (χ1) is 13.2. The van der Waals surface area contributed by atoms with Crippen molar-refractivity contribution in [3.8, 4) is 17.6 Å². The van der Waals surface area contributed by atoms with Gasteiger partial charge in [-0.3, -0.25) is 4.79 Å². The number of nitrogens with zero attached hydrogens (tertiary/aromatic N) is 1. The minimum Gasteiger partial charge on any atom is -0.495 e. The van der Waals surface area contributed by atoms with Crippen LogP contribution in [0.25, 0.3) is 0 Å². The Labute approximate surface area is 160 Å². The SMILES string of the molecule is CCCCCCCOc1ccc(C(=O)Nc2cccc(OC)c2C#N)cc1. The molecule has 142 valence electrons. The van der Waals surface area contributed by atoms with Crippen molar-refractivity contribution in [1.29, 1.82) is 5.26 Å². The maximum absolute atomic E-state index is 12.5. The van der Waals surface area contributed by atoms with Crippen molar-refractivity contribution >= 4 is 11.6 Å². The Morgan fingerprint density at radius 1 is 1.07 bits per heavy atom. The average molecular weight is 366 g/mol. The molecular weight excluding hydrogens is 340 g/mol. The van der Waals surface area contributed by atoms with Crippen molar-refractivity contribution in [3.63, 3.8) is 0 Å². The Kier molecular flexibility index (Phi) is 8.18. The number of amides is 1. The third-order valence-electron chi connectivity index (χ3n) is 4.24. The van der Waals surface area contributed by atoms with Crippen LogP contribution in [-0.4, -0.2) is 19.6 Å². The van der Waals surface area contributed by atoms with E-state index in [4.69, 9.17) is 9.47 Å². The van der Waals surface area contributed by atoms with Crippen LogP contribution in [0.3, 0.4) is 0 Å². The fourth-order valence-corrected chi connectivity index (χ4v) is 2.71. The quantitative estimate of drug-likeness (QED) is 0.589. The van der Waals surface area contributed by atoms with Gasteiger partial charge in [0.25, 0.3) is 5.91 Å². The number of nitrogens with one attached hydrogen (secondary N) is 1.